The second-order valence-electron chi connectivity index (χ2n) is 3.89. The summed E-state index contributed by atoms with van der Waals surface area (Å²) in [6, 6.07) is 4.07. The molecule has 0 aliphatic heterocycles. The van der Waals surface area contributed by atoms with Crippen molar-refractivity contribution >= 4 is 27.4 Å². The standard InChI is InChI=1S/C11H14N2O5S/c1-18-10(14)6-19(16,17)5-8-3-2-7(11(13)15)4-9(8)12/h2-4H,5-6,12H2,1H3,(H2,13,15). The van der Waals surface area contributed by atoms with Crippen LogP contribution in [0.2, 0.25) is 0 Å². The predicted molar refractivity (Wildman–Crippen MR) is 68.9 cm³/mol. The number of benzene rings is 1. The Balaban J connectivity index is 2.94. The highest BCUT2D eigenvalue weighted by atomic mass is 32.2. The lowest BCUT2D eigenvalue weighted by molar-refractivity contribution is -0.137. The molecular formula is C11H14N2O5S. The van der Waals surface area contributed by atoms with Gasteiger partial charge in [0.15, 0.2) is 9.84 Å². The molecule has 104 valence electrons. The van der Waals surface area contributed by atoms with Crippen molar-refractivity contribution in [1.29, 1.82) is 0 Å². The van der Waals surface area contributed by atoms with Gasteiger partial charge in [-0.15, -0.1) is 0 Å². The Bertz CT molecular complexity index is 610. The molecule has 0 radical (unpaired) electrons. The van der Waals surface area contributed by atoms with Crippen LogP contribution in [0.25, 0.3) is 0 Å². The van der Waals surface area contributed by atoms with E-state index in [9.17, 15) is 18.0 Å². The molecule has 0 aromatic heterocycles. The largest absolute Gasteiger partial charge is 0.468 e. The second kappa shape index (κ2) is 5.70. The van der Waals surface area contributed by atoms with Gasteiger partial charge in [0.25, 0.3) is 0 Å². The Hall–Kier alpha value is -2.09. The number of carbonyl (C=O) groups is 2. The molecule has 1 aromatic rings. The van der Waals surface area contributed by atoms with E-state index < -0.39 is 33.2 Å². The van der Waals surface area contributed by atoms with Crippen molar-refractivity contribution in [1.82, 2.24) is 0 Å². The van der Waals surface area contributed by atoms with E-state index in [0.29, 0.717) is 5.56 Å². The molecule has 0 heterocycles. The molecule has 0 saturated heterocycles. The van der Waals surface area contributed by atoms with Crippen molar-refractivity contribution in [3.63, 3.8) is 0 Å². The minimum Gasteiger partial charge on any atom is -0.468 e. The lowest BCUT2D eigenvalue weighted by atomic mass is 10.1. The highest BCUT2D eigenvalue weighted by Gasteiger charge is 2.19. The molecule has 0 fully saturated rings. The minimum absolute atomic E-state index is 0.129. The fourth-order valence-electron chi connectivity index (χ4n) is 1.41. The molecule has 0 unspecified atom stereocenters. The summed E-state index contributed by atoms with van der Waals surface area (Å²) < 4.78 is 27.7. The van der Waals surface area contributed by atoms with E-state index in [4.69, 9.17) is 11.5 Å². The number of hydrogen-bond donors (Lipinski definition) is 2. The zero-order chi connectivity index (χ0) is 14.6. The number of carbonyl (C=O) groups excluding carboxylic acids is 2. The average Bonchev–Trinajstić information content (AvgIpc) is 2.30. The molecule has 1 aromatic carbocycles. The predicted octanol–water partition coefficient (Wildman–Crippen LogP) is -0.544. The third-order valence-corrected chi connectivity index (χ3v) is 3.80. The number of esters is 1. The van der Waals surface area contributed by atoms with E-state index in [1.54, 1.807) is 0 Å². The first-order chi connectivity index (χ1) is 8.75. The normalized spacial score (nSPS) is 11.0. The van der Waals surface area contributed by atoms with Gasteiger partial charge in [-0.1, -0.05) is 6.07 Å². The Labute approximate surface area is 110 Å². The number of ether oxygens (including phenoxy) is 1. The SMILES string of the molecule is COC(=O)CS(=O)(=O)Cc1ccc(C(N)=O)cc1N. The maximum absolute atomic E-state index is 11.7. The van der Waals surface area contributed by atoms with Crippen molar-refractivity contribution in [2.45, 2.75) is 5.75 Å². The van der Waals surface area contributed by atoms with Crippen LogP contribution >= 0.6 is 0 Å². The number of rotatable bonds is 5. The zero-order valence-electron chi connectivity index (χ0n) is 10.3. The molecule has 0 aliphatic rings. The molecule has 1 amide bonds. The Morgan fingerprint density at radius 2 is 1.95 bits per heavy atom. The van der Waals surface area contributed by atoms with Crippen LogP contribution in [0.4, 0.5) is 5.69 Å². The van der Waals surface area contributed by atoms with Crippen molar-refractivity contribution in [2.75, 3.05) is 18.6 Å². The average molecular weight is 286 g/mol. The van der Waals surface area contributed by atoms with E-state index in [-0.39, 0.29) is 11.3 Å². The summed E-state index contributed by atoms with van der Waals surface area (Å²) in [7, 11) is -2.57. The quantitative estimate of drug-likeness (QED) is 0.552. The van der Waals surface area contributed by atoms with Crippen LogP contribution in [0.3, 0.4) is 0 Å². The summed E-state index contributed by atoms with van der Waals surface area (Å²) >= 11 is 0. The summed E-state index contributed by atoms with van der Waals surface area (Å²) in [6.45, 7) is 0. The first kappa shape index (κ1) is 15.0. The number of primary amides is 1. The summed E-state index contributed by atoms with van der Waals surface area (Å²) in [6.07, 6.45) is 0. The van der Waals surface area contributed by atoms with E-state index in [1.165, 1.54) is 18.2 Å². The molecule has 8 heteroatoms. The van der Waals surface area contributed by atoms with E-state index >= 15 is 0 Å². The molecule has 7 nitrogen and oxygen atoms in total. The van der Waals surface area contributed by atoms with Crippen LogP contribution in [0.5, 0.6) is 0 Å². The van der Waals surface area contributed by atoms with Crippen LogP contribution < -0.4 is 11.5 Å². The van der Waals surface area contributed by atoms with Gasteiger partial charge >= 0.3 is 5.97 Å². The maximum atomic E-state index is 11.7. The van der Waals surface area contributed by atoms with Gasteiger partial charge < -0.3 is 16.2 Å². The smallest absolute Gasteiger partial charge is 0.320 e. The number of sulfone groups is 1. The highest BCUT2D eigenvalue weighted by molar-refractivity contribution is 7.91. The summed E-state index contributed by atoms with van der Waals surface area (Å²) in [5, 5.41) is 0. The number of methoxy groups -OCH3 is 1. The van der Waals surface area contributed by atoms with Crippen LogP contribution in [-0.4, -0.2) is 33.2 Å². The molecule has 0 bridgehead atoms. The summed E-state index contributed by atoms with van der Waals surface area (Å²) in [4.78, 5) is 21.9. The molecule has 19 heavy (non-hydrogen) atoms. The van der Waals surface area contributed by atoms with Crippen LogP contribution in [0.1, 0.15) is 15.9 Å². The van der Waals surface area contributed by atoms with Gasteiger partial charge in [-0.3, -0.25) is 9.59 Å². The topological polar surface area (TPSA) is 130 Å². The van der Waals surface area contributed by atoms with E-state index in [2.05, 4.69) is 4.74 Å². The number of amides is 1. The molecular weight excluding hydrogens is 272 g/mol. The first-order valence-corrected chi connectivity index (χ1v) is 7.03. The lowest BCUT2D eigenvalue weighted by Gasteiger charge is -2.07. The van der Waals surface area contributed by atoms with E-state index in [1.807, 2.05) is 0 Å². The van der Waals surface area contributed by atoms with Crippen molar-refractivity contribution in [3.8, 4) is 0 Å². The van der Waals surface area contributed by atoms with E-state index in [0.717, 1.165) is 7.11 Å². The summed E-state index contributed by atoms with van der Waals surface area (Å²) in [5.74, 6) is -2.63. The van der Waals surface area contributed by atoms with Crippen LogP contribution in [0.15, 0.2) is 18.2 Å². The third kappa shape index (κ3) is 4.25. The fourth-order valence-corrected chi connectivity index (χ4v) is 2.72. The number of hydrogen-bond acceptors (Lipinski definition) is 6. The van der Waals surface area contributed by atoms with Gasteiger partial charge in [0, 0.05) is 11.3 Å². The lowest BCUT2D eigenvalue weighted by Crippen LogP contribution is -2.19. The molecule has 0 aliphatic carbocycles. The maximum Gasteiger partial charge on any atom is 0.320 e. The monoisotopic (exact) mass is 286 g/mol. The van der Waals surface area contributed by atoms with Crippen LogP contribution in [-0.2, 0) is 25.1 Å². The molecule has 0 saturated carbocycles. The second-order valence-corrected chi connectivity index (χ2v) is 5.95. The van der Waals surface area contributed by atoms with Gasteiger partial charge in [-0.2, -0.15) is 0 Å². The Morgan fingerprint density at radius 1 is 1.32 bits per heavy atom. The first-order valence-electron chi connectivity index (χ1n) is 5.20. The van der Waals surface area contributed by atoms with Gasteiger partial charge in [0.1, 0.15) is 5.75 Å². The van der Waals surface area contributed by atoms with Gasteiger partial charge in [0.2, 0.25) is 5.91 Å². The third-order valence-electron chi connectivity index (χ3n) is 2.37. The Morgan fingerprint density at radius 3 is 2.42 bits per heavy atom. The van der Waals surface area contributed by atoms with Gasteiger partial charge in [0.05, 0.1) is 12.9 Å². The Kier molecular flexibility index (Phi) is 4.49. The summed E-state index contributed by atoms with van der Waals surface area (Å²) in [5.41, 5.74) is 11.3. The molecule has 4 N–H and O–H groups in total. The molecule has 0 atom stereocenters. The highest BCUT2D eigenvalue weighted by Crippen LogP contribution is 2.17. The van der Waals surface area contributed by atoms with Crippen molar-refractivity contribution in [3.05, 3.63) is 29.3 Å². The van der Waals surface area contributed by atoms with Gasteiger partial charge in [-0.25, -0.2) is 8.42 Å². The molecule has 0 spiro atoms. The minimum atomic E-state index is -3.67. The molecule has 1 rings (SSSR count). The number of anilines is 1. The van der Waals surface area contributed by atoms with Crippen molar-refractivity contribution < 1.29 is 22.7 Å². The zero-order valence-corrected chi connectivity index (χ0v) is 11.1. The van der Waals surface area contributed by atoms with Crippen molar-refractivity contribution in [2.24, 2.45) is 5.73 Å². The van der Waals surface area contributed by atoms with Crippen LogP contribution in [0, 0.1) is 0 Å². The fraction of sp³-hybridized carbons (Fsp3) is 0.273. The van der Waals surface area contributed by atoms with Gasteiger partial charge in [-0.05, 0) is 17.7 Å². The number of nitrogen functional groups attached to an aromatic ring is 1. The number of nitrogens with two attached hydrogens (primary N) is 2.